The molecule has 0 spiro atoms. The number of carboxylic acid groups (broad SMARTS) is 1. The number of hydrogen-bond donors (Lipinski definition) is 3. The average Bonchev–Trinajstić information content (AvgIpc) is 2.96. The second kappa shape index (κ2) is 12.6. The zero-order valence-corrected chi connectivity index (χ0v) is 21.5. The number of carbonyl (C=O) groups is 3. The van der Waals surface area contributed by atoms with Gasteiger partial charge in [-0.1, -0.05) is 121 Å². The van der Waals surface area contributed by atoms with Crippen molar-refractivity contribution in [1.82, 2.24) is 10.6 Å². The molecule has 0 aliphatic rings. The normalized spacial score (nSPS) is 11.7. The van der Waals surface area contributed by atoms with Crippen LogP contribution in [-0.2, 0) is 26.5 Å². The van der Waals surface area contributed by atoms with Gasteiger partial charge in [0.05, 0.1) is 6.42 Å². The number of alkyl carbamates (subject to hydrolysis) is 1. The summed E-state index contributed by atoms with van der Waals surface area (Å²) in [6.45, 7) is 1.96. The van der Waals surface area contributed by atoms with E-state index in [4.69, 9.17) is 4.74 Å². The van der Waals surface area contributed by atoms with Crippen LogP contribution in [0.1, 0.15) is 34.2 Å². The maximum Gasteiger partial charge on any atom is 0.408 e. The van der Waals surface area contributed by atoms with Gasteiger partial charge in [-0.3, -0.25) is 4.79 Å². The van der Waals surface area contributed by atoms with E-state index in [1.54, 1.807) is 24.3 Å². The summed E-state index contributed by atoms with van der Waals surface area (Å²) in [4.78, 5) is 37.9. The summed E-state index contributed by atoms with van der Waals surface area (Å²) < 4.78 is 5.17. The lowest BCUT2D eigenvalue weighted by Gasteiger charge is -2.37. The number of carbonyl (C=O) groups excluding carboxylic acids is 2. The monoisotopic (exact) mass is 522 g/mol. The lowest BCUT2D eigenvalue weighted by molar-refractivity contribution is -0.141. The molecule has 0 fully saturated rings. The Kier molecular flexibility index (Phi) is 8.74. The van der Waals surface area contributed by atoms with Crippen LogP contribution in [0.4, 0.5) is 4.79 Å². The highest BCUT2D eigenvalue weighted by Crippen LogP contribution is 2.37. The number of amides is 2. The minimum atomic E-state index is -1.49. The third kappa shape index (κ3) is 6.70. The van der Waals surface area contributed by atoms with E-state index in [9.17, 15) is 19.5 Å². The molecular formula is C32H30N2O5. The van der Waals surface area contributed by atoms with E-state index in [0.717, 1.165) is 27.8 Å². The molecule has 4 aromatic rings. The topological polar surface area (TPSA) is 105 Å². The quantitative estimate of drug-likeness (QED) is 0.249. The van der Waals surface area contributed by atoms with Crippen LogP contribution in [0.3, 0.4) is 0 Å². The van der Waals surface area contributed by atoms with Gasteiger partial charge in [0.25, 0.3) is 0 Å². The first-order valence-corrected chi connectivity index (χ1v) is 12.6. The first kappa shape index (κ1) is 27.1. The predicted molar refractivity (Wildman–Crippen MR) is 148 cm³/mol. The van der Waals surface area contributed by atoms with Crippen LogP contribution in [0.2, 0.25) is 0 Å². The molecule has 2 amide bonds. The fourth-order valence-electron chi connectivity index (χ4n) is 4.45. The van der Waals surface area contributed by atoms with Crippen molar-refractivity contribution in [3.05, 3.63) is 143 Å². The van der Waals surface area contributed by atoms with Gasteiger partial charge >= 0.3 is 12.1 Å². The average molecular weight is 523 g/mol. The highest BCUT2D eigenvalue weighted by Gasteiger charge is 2.39. The molecule has 4 aromatic carbocycles. The zero-order chi connectivity index (χ0) is 27.7. The molecule has 0 saturated heterocycles. The van der Waals surface area contributed by atoms with Gasteiger partial charge in [-0.05, 0) is 29.2 Å². The maximum absolute atomic E-state index is 13.6. The van der Waals surface area contributed by atoms with E-state index in [1.165, 1.54) is 0 Å². The molecule has 0 saturated carbocycles. The van der Waals surface area contributed by atoms with Crippen molar-refractivity contribution in [3.8, 4) is 0 Å². The van der Waals surface area contributed by atoms with E-state index in [-0.39, 0.29) is 6.61 Å². The number of aliphatic carboxylic acids is 1. The molecule has 0 unspecified atom stereocenters. The van der Waals surface area contributed by atoms with Crippen LogP contribution in [-0.4, -0.2) is 29.1 Å². The minimum Gasteiger partial charge on any atom is -0.480 e. The number of carboxylic acids is 1. The predicted octanol–water partition coefficient (Wildman–Crippen LogP) is 5.17. The molecule has 0 bridgehead atoms. The molecule has 4 rings (SSSR count). The van der Waals surface area contributed by atoms with Crippen molar-refractivity contribution in [3.63, 3.8) is 0 Å². The number of ether oxygens (including phenoxy) is 1. The van der Waals surface area contributed by atoms with Crippen LogP contribution in [0.5, 0.6) is 0 Å². The number of nitrogens with one attached hydrogen (secondary N) is 2. The van der Waals surface area contributed by atoms with Crippen LogP contribution < -0.4 is 10.6 Å². The zero-order valence-electron chi connectivity index (χ0n) is 21.5. The second-order valence-electron chi connectivity index (χ2n) is 9.20. The molecule has 0 aliphatic heterocycles. The summed E-state index contributed by atoms with van der Waals surface area (Å²) in [5.41, 5.74) is 3.12. The van der Waals surface area contributed by atoms with E-state index < -0.39 is 36.0 Å². The first-order valence-electron chi connectivity index (χ1n) is 12.6. The number of hydrogen-bond acceptors (Lipinski definition) is 4. The van der Waals surface area contributed by atoms with E-state index in [2.05, 4.69) is 10.6 Å². The Morgan fingerprint density at radius 1 is 0.744 bits per heavy atom. The minimum absolute atomic E-state index is 0.0240. The highest BCUT2D eigenvalue weighted by molar-refractivity contribution is 5.88. The summed E-state index contributed by atoms with van der Waals surface area (Å²) in [7, 11) is 0. The van der Waals surface area contributed by atoms with E-state index in [0.29, 0.717) is 0 Å². The molecule has 0 aliphatic carbocycles. The van der Waals surface area contributed by atoms with Gasteiger partial charge in [0.15, 0.2) is 0 Å². The molecule has 198 valence electrons. The molecule has 7 heteroatoms. The number of rotatable bonds is 10. The Labute approximate surface area is 227 Å². The Morgan fingerprint density at radius 3 is 1.74 bits per heavy atom. The standard InChI is InChI=1S/C32H30N2O5/c1-23-17-19-27(20-18-23)32(25-13-7-3-8-14-25,26-15-9-4-10-16-26)34-29(35)21-28(30(36)37)33-31(38)39-22-24-11-5-2-6-12-24/h2-20,28H,21-22H2,1H3,(H,33,38)(H,34,35)(H,36,37)/t28-/m1/s1. The number of aryl methyl sites for hydroxylation is 1. The van der Waals surface area contributed by atoms with Gasteiger partial charge in [-0.2, -0.15) is 0 Å². The van der Waals surface area contributed by atoms with Crippen LogP contribution in [0, 0.1) is 6.92 Å². The highest BCUT2D eigenvalue weighted by atomic mass is 16.5. The smallest absolute Gasteiger partial charge is 0.408 e. The van der Waals surface area contributed by atoms with Gasteiger partial charge in [0.1, 0.15) is 18.2 Å². The number of benzene rings is 4. The lowest BCUT2D eigenvalue weighted by Crippen LogP contribution is -2.51. The molecule has 0 heterocycles. The molecule has 0 radical (unpaired) electrons. The van der Waals surface area contributed by atoms with Gasteiger partial charge < -0.3 is 20.5 Å². The first-order chi connectivity index (χ1) is 18.9. The summed E-state index contributed by atoms with van der Waals surface area (Å²) in [5, 5.41) is 15.2. The van der Waals surface area contributed by atoms with Crippen molar-refractivity contribution < 1.29 is 24.2 Å². The maximum atomic E-state index is 13.6. The Hall–Kier alpha value is -4.91. The molecule has 3 N–H and O–H groups in total. The van der Waals surface area contributed by atoms with Crippen molar-refractivity contribution >= 4 is 18.0 Å². The van der Waals surface area contributed by atoms with Crippen molar-refractivity contribution in [2.45, 2.75) is 31.5 Å². The fourth-order valence-corrected chi connectivity index (χ4v) is 4.45. The third-order valence-corrected chi connectivity index (χ3v) is 6.42. The fraction of sp³-hybridized carbons (Fsp3) is 0.156. The molecule has 7 nitrogen and oxygen atoms in total. The van der Waals surface area contributed by atoms with E-state index in [1.807, 2.05) is 97.9 Å². The molecular weight excluding hydrogens is 492 g/mol. The van der Waals surface area contributed by atoms with Crippen molar-refractivity contribution in [1.29, 1.82) is 0 Å². The Morgan fingerprint density at radius 2 is 1.23 bits per heavy atom. The lowest BCUT2D eigenvalue weighted by atomic mass is 9.76. The van der Waals surface area contributed by atoms with E-state index >= 15 is 0 Å². The largest absolute Gasteiger partial charge is 0.480 e. The van der Waals surface area contributed by atoms with Gasteiger partial charge in [-0.15, -0.1) is 0 Å². The summed E-state index contributed by atoms with van der Waals surface area (Å²) in [5.74, 6) is -1.90. The Bertz CT molecular complexity index is 1350. The summed E-state index contributed by atoms with van der Waals surface area (Å²) in [6, 6.07) is 34.4. The molecule has 0 aromatic heterocycles. The third-order valence-electron chi connectivity index (χ3n) is 6.42. The van der Waals surface area contributed by atoms with Gasteiger partial charge in [0, 0.05) is 0 Å². The van der Waals surface area contributed by atoms with Crippen LogP contribution >= 0.6 is 0 Å². The molecule has 39 heavy (non-hydrogen) atoms. The van der Waals surface area contributed by atoms with Crippen molar-refractivity contribution in [2.24, 2.45) is 0 Å². The SMILES string of the molecule is Cc1ccc(C(NC(=O)C[C@@H](NC(=O)OCc2ccccc2)C(=O)O)(c2ccccc2)c2ccccc2)cc1. The van der Waals surface area contributed by atoms with Crippen molar-refractivity contribution in [2.75, 3.05) is 0 Å². The van der Waals surface area contributed by atoms with Crippen LogP contribution in [0.25, 0.3) is 0 Å². The Balaban J connectivity index is 1.61. The van der Waals surface area contributed by atoms with Gasteiger partial charge in [-0.25, -0.2) is 9.59 Å². The second-order valence-corrected chi connectivity index (χ2v) is 9.20. The summed E-state index contributed by atoms with van der Waals surface area (Å²) >= 11 is 0. The molecule has 1 atom stereocenters. The van der Waals surface area contributed by atoms with Gasteiger partial charge in [0.2, 0.25) is 5.91 Å². The van der Waals surface area contributed by atoms with Crippen LogP contribution in [0.15, 0.2) is 115 Å². The summed E-state index contributed by atoms with van der Waals surface area (Å²) in [6.07, 6.45) is -1.42.